The van der Waals surface area contributed by atoms with Crippen LogP contribution in [0.5, 0.6) is 0 Å². The van der Waals surface area contributed by atoms with Crippen LogP contribution in [0.2, 0.25) is 0 Å². The Morgan fingerprint density at radius 2 is 1.94 bits per heavy atom. The Labute approximate surface area is 108 Å². The number of hydrogen-bond acceptors (Lipinski definition) is 2. The molecule has 1 saturated carbocycles. The fourth-order valence-electron chi connectivity index (χ4n) is 3.40. The molecule has 1 aliphatic carbocycles. The fraction of sp³-hybridized carbons (Fsp3) is 1.00. The quantitative estimate of drug-likeness (QED) is 0.735. The predicted octanol–water partition coefficient (Wildman–Crippen LogP) is 3.13. The monoisotopic (exact) mass is 240 g/mol. The molecule has 0 saturated heterocycles. The summed E-state index contributed by atoms with van der Waals surface area (Å²) in [7, 11) is 0. The highest BCUT2D eigenvalue weighted by Gasteiger charge is 2.41. The molecule has 0 aliphatic heterocycles. The average molecular weight is 240 g/mol. The minimum Gasteiger partial charge on any atom is -0.313 e. The molecule has 17 heavy (non-hydrogen) atoms. The van der Waals surface area contributed by atoms with E-state index in [1.165, 1.54) is 38.9 Å². The third-order valence-electron chi connectivity index (χ3n) is 4.38. The van der Waals surface area contributed by atoms with E-state index in [4.69, 9.17) is 0 Å². The van der Waals surface area contributed by atoms with Gasteiger partial charge < -0.3 is 10.2 Å². The van der Waals surface area contributed by atoms with Crippen molar-refractivity contribution in [1.29, 1.82) is 0 Å². The summed E-state index contributed by atoms with van der Waals surface area (Å²) in [5.74, 6) is 0.844. The van der Waals surface area contributed by atoms with E-state index in [0.717, 1.165) is 12.5 Å². The van der Waals surface area contributed by atoms with Crippen LogP contribution in [0.3, 0.4) is 0 Å². The Hall–Kier alpha value is -0.0800. The third kappa shape index (κ3) is 3.96. The molecule has 1 fully saturated rings. The maximum atomic E-state index is 3.73. The fourth-order valence-corrected chi connectivity index (χ4v) is 3.40. The lowest BCUT2D eigenvalue weighted by Crippen LogP contribution is -2.45. The highest BCUT2D eigenvalue weighted by molar-refractivity contribution is 4.96. The highest BCUT2D eigenvalue weighted by atomic mass is 15.1. The zero-order valence-corrected chi connectivity index (χ0v) is 12.6. The van der Waals surface area contributed by atoms with Gasteiger partial charge in [-0.25, -0.2) is 0 Å². The van der Waals surface area contributed by atoms with Gasteiger partial charge in [-0.15, -0.1) is 0 Å². The molecule has 0 bridgehead atoms. The van der Waals surface area contributed by atoms with Crippen molar-refractivity contribution in [2.24, 2.45) is 11.3 Å². The molecule has 0 heterocycles. The van der Waals surface area contributed by atoms with Gasteiger partial charge in [0.25, 0.3) is 0 Å². The number of rotatable bonds is 7. The van der Waals surface area contributed by atoms with Gasteiger partial charge >= 0.3 is 0 Å². The van der Waals surface area contributed by atoms with Gasteiger partial charge in [0.2, 0.25) is 0 Å². The second-order valence-corrected chi connectivity index (χ2v) is 6.22. The van der Waals surface area contributed by atoms with Crippen molar-refractivity contribution >= 4 is 0 Å². The van der Waals surface area contributed by atoms with Crippen molar-refractivity contribution in [1.82, 2.24) is 10.2 Å². The Kier molecular flexibility index (Phi) is 5.94. The zero-order valence-electron chi connectivity index (χ0n) is 12.6. The predicted molar refractivity (Wildman–Crippen MR) is 76.4 cm³/mol. The van der Waals surface area contributed by atoms with Crippen LogP contribution in [0.1, 0.15) is 53.9 Å². The Morgan fingerprint density at radius 3 is 2.47 bits per heavy atom. The van der Waals surface area contributed by atoms with E-state index >= 15 is 0 Å². The summed E-state index contributed by atoms with van der Waals surface area (Å²) in [6.07, 6.45) is 4.04. The number of nitrogens with one attached hydrogen (secondary N) is 1. The first-order valence-corrected chi connectivity index (χ1v) is 7.50. The van der Waals surface area contributed by atoms with Crippen LogP contribution in [-0.4, -0.2) is 37.1 Å². The van der Waals surface area contributed by atoms with Crippen LogP contribution < -0.4 is 5.32 Å². The third-order valence-corrected chi connectivity index (χ3v) is 4.38. The average Bonchev–Trinajstić information content (AvgIpc) is 2.56. The Balaban J connectivity index is 2.57. The molecule has 2 atom stereocenters. The maximum absolute atomic E-state index is 3.73. The molecule has 0 aromatic rings. The number of hydrogen-bond donors (Lipinski definition) is 1. The maximum Gasteiger partial charge on any atom is 0.0159 e. The molecule has 2 heteroatoms. The lowest BCUT2D eigenvalue weighted by atomic mass is 9.84. The molecule has 2 nitrogen and oxygen atoms in total. The topological polar surface area (TPSA) is 15.3 Å². The van der Waals surface area contributed by atoms with Crippen molar-refractivity contribution in [3.63, 3.8) is 0 Å². The molecule has 2 unspecified atom stereocenters. The van der Waals surface area contributed by atoms with Crippen LogP contribution in [0, 0.1) is 11.3 Å². The Bertz CT molecular complexity index is 213. The molecule has 0 aromatic carbocycles. The molecule has 0 amide bonds. The van der Waals surface area contributed by atoms with Gasteiger partial charge in [0.05, 0.1) is 0 Å². The van der Waals surface area contributed by atoms with Crippen LogP contribution in [0.4, 0.5) is 0 Å². The van der Waals surface area contributed by atoms with Crippen LogP contribution >= 0.6 is 0 Å². The van der Waals surface area contributed by atoms with E-state index in [1.807, 2.05) is 0 Å². The van der Waals surface area contributed by atoms with Gasteiger partial charge in [-0.3, -0.25) is 0 Å². The summed E-state index contributed by atoms with van der Waals surface area (Å²) in [4.78, 5) is 2.62. The van der Waals surface area contributed by atoms with Crippen LogP contribution in [0.25, 0.3) is 0 Å². The molecule has 1 rings (SSSR count). The molecule has 102 valence electrons. The summed E-state index contributed by atoms with van der Waals surface area (Å²) in [6.45, 7) is 16.5. The van der Waals surface area contributed by atoms with E-state index in [9.17, 15) is 0 Å². The van der Waals surface area contributed by atoms with E-state index in [-0.39, 0.29) is 0 Å². The van der Waals surface area contributed by atoms with E-state index in [0.29, 0.717) is 11.5 Å². The first-order valence-electron chi connectivity index (χ1n) is 7.50. The van der Waals surface area contributed by atoms with Crippen molar-refractivity contribution in [3.05, 3.63) is 0 Å². The van der Waals surface area contributed by atoms with Gasteiger partial charge in [0.15, 0.2) is 0 Å². The minimum absolute atomic E-state index is 0.478. The molecule has 1 N–H and O–H groups in total. The molecule has 1 aliphatic rings. The molecule has 0 spiro atoms. The van der Waals surface area contributed by atoms with Crippen molar-refractivity contribution in [2.45, 2.75) is 59.9 Å². The van der Waals surface area contributed by atoms with Gasteiger partial charge in [-0.1, -0.05) is 34.6 Å². The largest absolute Gasteiger partial charge is 0.313 e. The lowest BCUT2D eigenvalue weighted by molar-refractivity contribution is 0.190. The molecule has 0 radical (unpaired) electrons. The molecular formula is C15H32N2. The summed E-state index contributed by atoms with van der Waals surface area (Å²) in [6, 6.07) is 0.707. The first kappa shape index (κ1) is 15.0. The highest BCUT2D eigenvalue weighted by Crippen LogP contribution is 2.41. The second-order valence-electron chi connectivity index (χ2n) is 6.22. The van der Waals surface area contributed by atoms with Gasteiger partial charge in [-0.05, 0) is 50.2 Å². The minimum atomic E-state index is 0.478. The Morgan fingerprint density at radius 1 is 1.24 bits per heavy atom. The SMILES string of the molecule is CCCN(CC)CC1CCC(C)(C)C1NCC. The molecular weight excluding hydrogens is 208 g/mol. The van der Waals surface area contributed by atoms with Gasteiger partial charge in [0, 0.05) is 12.6 Å². The second kappa shape index (κ2) is 6.75. The summed E-state index contributed by atoms with van der Waals surface area (Å²) < 4.78 is 0. The van der Waals surface area contributed by atoms with E-state index in [1.54, 1.807) is 0 Å². The van der Waals surface area contributed by atoms with Crippen LogP contribution in [0.15, 0.2) is 0 Å². The first-order chi connectivity index (χ1) is 8.05. The normalized spacial score (nSPS) is 27.9. The standard InChI is InChI=1S/C15H32N2/c1-6-11-17(8-3)12-13-9-10-15(4,5)14(13)16-7-2/h13-14,16H,6-12H2,1-5H3. The van der Waals surface area contributed by atoms with Crippen molar-refractivity contribution in [3.8, 4) is 0 Å². The van der Waals surface area contributed by atoms with Crippen molar-refractivity contribution in [2.75, 3.05) is 26.2 Å². The van der Waals surface area contributed by atoms with Crippen LogP contribution in [-0.2, 0) is 0 Å². The van der Waals surface area contributed by atoms with E-state index < -0.39 is 0 Å². The van der Waals surface area contributed by atoms with Gasteiger partial charge in [0.1, 0.15) is 0 Å². The van der Waals surface area contributed by atoms with Crippen molar-refractivity contribution < 1.29 is 0 Å². The van der Waals surface area contributed by atoms with E-state index in [2.05, 4.69) is 44.8 Å². The zero-order chi connectivity index (χ0) is 12.9. The summed E-state index contributed by atoms with van der Waals surface area (Å²) in [5, 5.41) is 3.73. The molecule has 0 aromatic heterocycles. The summed E-state index contributed by atoms with van der Waals surface area (Å²) in [5.41, 5.74) is 0.478. The van der Waals surface area contributed by atoms with Gasteiger partial charge in [-0.2, -0.15) is 0 Å². The smallest absolute Gasteiger partial charge is 0.0159 e. The number of nitrogens with zero attached hydrogens (tertiary/aromatic N) is 1. The lowest BCUT2D eigenvalue weighted by Gasteiger charge is -2.34. The summed E-state index contributed by atoms with van der Waals surface area (Å²) >= 11 is 0.